The van der Waals surface area contributed by atoms with Crippen LogP contribution in [0.1, 0.15) is 10.7 Å². The Kier molecular flexibility index (Phi) is 3.65. The van der Waals surface area contributed by atoms with Gasteiger partial charge in [-0.25, -0.2) is 4.98 Å². The van der Waals surface area contributed by atoms with Gasteiger partial charge in [0.1, 0.15) is 0 Å². The van der Waals surface area contributed by atoms with Crippen LogP contribution in [0.5, 0.6) is 0 Å². The summed E-state index contributed by atoms with van der Waals surface area (Å²) in [4.78, 5) is 4.38. The second kappa shape index (κ2) is 4.77. The van der Waals surface area contributed by atoms with E-state index in [4.69, 9.17) is 0 Å². The SMILES string of the molecule is C=C/C=C(\C=C)Cc1nc(C)cs1. The van der Waals surface area contributed by atoms with Crippen molar-refractivity contribution in [3.8, 4) is 0 Å². The molecular weight excluding hydrogens is 178 g/mol. The Morgan fingerprint density at radius 2 is 2.38 bits per heavy atom. The lowest BCUT2D eigenvalue weighted by molar-refractivity contribution is 1.10. The normalized spacial score (nSPS) is 11.3. The van der Waals surface area contributed by atoms with Crippen LogP contribution in [0.2, 0.25) is 0 Å². The second-order valence-electron chi connectivity index (χ2n) is 2.74. The van der Waals surface area contributed by atoms with E-state index in [-0.39, 0.29) is 0 Å². The third-order valence-electron chi connectivity index (χ3n) is 1.62. The molecule has 0 fully saturated rings. The maximum absolute atomic E-state index is 4.38. The summed E-state index contributed by atoms with van der Waals surface area (Å²) in [7, 11) is 0. The highest BCUT2D eigenvalue weighted by atomic mass is 32.1. The summed E-state index contributed by atoms with van der Waals surface area (Å²) >= 11 is 1.69. The summed E-state index contributed by atoms with van der Waals surface area (Å²) in [6.45, 7) is 9.40. The summed E-state index contributed by atoms with van der Waals surface area (Å²) in [6, 6.07) is 0. The molecule has 0 atom stereocenters. The van der Waals surface area contributed by atoms with Gasteiger partial charge in [-0.3, -0.25) is 0 Å². The zero-order valence-corrected chi connectivity index (χ0v) is 8.60. The van der Waals surface area contributed by atoms with E-state index >= 15 is 0 Å². The molecule has 0 bridgehead atoms. The van der Waals surface area contributed by atoms with Crippen molar-refractivity contribution in [3.05, 3.63) is 53.0 Å². The summed E-state index contributed by atoms with van der Waals surface area (Å²) in [5, 5.41) is 3.19. The second-order valence-corrected chi connectivity index (χ2v) is 3.68. The average Bonchev–Trinajstić information content (AvgIpc) is 2.50. The van der Waals surface area contributed by atoms with Gasteiger partial charge in [0.2, 0.25) is 0 Å². The smallest absolute Gasteiger partial charge is 0.0972 e. The Labute approximate surface area is 83.1 Å². The van der Waals surface area contributed by atoms with E-state index in [1.54, 1.807) is 17.4 Å². The van der Waals surface area contributed by atoms with Crippen LogP contribution in [0, 0.1) is 6.92 Å². The highest BCUT2D eigenvalue weighted by Gasteiger charge is 1.99. The van der Waals surface area contributed by atoms with E-state index in [0.717, 1.165) is 22.7 Å². The zero-order chi connectivity index (χ0) is 9.68. The molecule has 0 aliphatic rings. The minimum absolute atomic E-state index is 0.855. The number of thiazole rings is 1. The Bertz CT molecular complexity index is 334. The van der Waals surface area contributed by atoms with Crippen LogP contribution in [0.4, 0.5) is 0 Å². The standard InChI is InChI=1S/C11H13NS/c1-4-6-10(5-2)7-11-12-9(3)8-13-11/h4-6,8H,1-2,7H2,3H3/b10-6+. The summed E-state index contributed by atoms with van der Waals surface area (Å²) in [6.07, 6.45) is 6.44. The van der Waals surface area contributed by atoms with E-state index in [0.29, 0.717) is 0 Å². The molecule has 1 heterocycles. The fraction of sp³-hybridized carbons (Fsp3) is 0.182. The molecule has 2 heteroatoms. The van der Waals surface area contributed by atoms with E-state index in [2.05, 4.69) is 23.5 Å². The molecule has 0 saturated carbocycles. The van der Waals surface area contributed by atoms with Crippen molar-refractivity contribution in [2.45, 2.75) is 13.3 Å². The highest BCUT2D eigenvalue weighted by Crippen LogP contribution is 2.14. The van der Waals surface area contributed by atoms with E-state index in [1.807, 2.05) is 19.1 Å². The number of aryl methyl sites for hydroxylation is 1. The number of aromatic nitrogens is 1. The first-order valence-electron chi connectivity index (χ1n) is 4.11. The number of hydrogen-bond donors (Lipinski definition) is 0. The van der Waals surface area contributed by atoms with Gasteiger partial charge in [0.05, 0.1) is 5.01 Å². The van der Waals surface area contributed by atoms with Gasteiger partial charge >= 0.3 is 0 Å². The van der Waals surface area contributed by atoms with Crippen LogP contribution in [0.25, 0.3) is 0 Å². The van der Waals surface area contributed by atoms with Crippen LogP contribution in [0.3, 0.4) is 0 Å². The lowest BCUT2D eigenvalue weighted by Gasteiger charge is -1.95. The van der Waals surface area contributed by atoms with Crippen molar-refractivity contribution in [2.75, 3.05) is 0 Å². The Balaban J connectivity index is 2.72. The molecule has 0 spiro atoms. The molecule has 0 aliphatic heterocycles. The molecule has 0 saturated heterocycles. The Hall–Kier alpha value is -1.15. The first-order chi connectivity index (χ1) is 6.26. The van der Waals surface area contributed by atoms with Crippen LogP contribution in [0.15, 0.2) is 42.3 Å². The third kappa shape index (κ3) is 2.99. The van der Waals surface area contributed by atoms with Gasteiger partial charge in [0, 0.05) is 17.5 Å². The van der Waals surface area contributed by atoms with Crippen LogP contribution < -0.4 is 0 Å². The monoisotopic (exact) mass is 191 g/mol. The molecule has 13 heavy (non-hydrogen) atoms. The van der Waals surface area contributed by atoms with Gasteiger partial charge in [-0.15, -0.1) is 11.3 Å². The molecular formula is C11H13NS. The first-order valence-corrected chi connectivity index (χ1v) is 4.99. The molecule has 0 radical (unpaired) electrons. The van der Waals surface area contributed by atoms with Crippen molar-refractivity contribution < 1.29 is 0 Å². The molecule has 1 aromatic rings. The largest absolute Gasteiger partial charge is 0.246 e. The van der Waals surface area contributed by atoms with Gasteiger partial charge in [-0.1, -0.05) is 31.4 Å². The molecule has 1 aromatic heterocycles. The molecule has 1 nitrogen and oxygen atoms in total. The average molecular weight is 191 g/mol. The Morgan fingerprint density at radius 1 is 1.62 bits per heavy atom. The molecule has 68 valence electrons. The van der Waals surface area contributed by atoms with Crippen LogP contribution in [-0.2, 0) is 6.42 Å². The van der Waals surface area contributed by atoms with Crippen molar-refractivity contribution in [1.29, 1.82) is 0 Å². The lowest BCUT2D eigenvalue weighted by atomic mass is 10.2. The first kappa shape index (κ1) is 9.93. The lowest BCUT2D eigenvalue weighted by Crippen LogP contribution is -1.86. The zero-order valence-electron chi connectivity index (χ0n) is 7.79. The maximum Gasteiger partial charge on any atom is 0.0972 e. The molecule has 0 aliphatic carbocycles. The van der Waals surface area contributed by atoms with Gasteiger partial charge in [0.25, 0.3) is 0 Å². The maximum atomic E-state index is 4.38. The molecule has 0 amide bonds. The van der Waals surface area contributed by atoms with Gasteiger partial charge in [0.15, 0.2) is 0 Å². The van der Waals surface area contributed by atoms with Crippen molar-refractivity contribution >= 4 is 11.3 Å². The van der Waals surface area contributed by atoms with E-state index < -0.39 is 0 Å². The van der Waals surface area contributed by atoms with E-state index in [9.17, 15) is 0 Å². The van der Waals surface area contributed by atoms with Gasteiger partial charge in [-0.05, 0) is 12.5 Å². The fourth-order valence-corrected chi connectivity index (χ4v) is 1.82. The van der Waals surface area contributed by atoms with Crippen molar-refractivity contribution in [2.24, 2.45) is 0 Å². The quantitative estimate of drug-likeness (QED) is 0.665. The van der Waals surface area contributed by atoms with E-state index in [1.165, 1.54) is 0 Å². The minimum atomic E-state index is 0.855. The van der Waals surface area contributed by atoms with Crippen LogP contribution in [-0.4, -0.2) is 4.98 Å². The third-order valence-corrected chi connectivity index (χ3v) is 2.58. The molecule has 0 aromatic carbocycles. The predicted octanol–water partition coefficient (Wildman–Crippen LogP) is 3.29. The summed E-state index contributed by atoms with van der Waals surface area (Å²) in [5.74, 6) is 0. The Morgan fingerprint density at radius 3 is 2.85 bits per heavy atom. The predicted molar refractivity (Wildman–Crippen MR) is 59.0 cm³/mol. The van der Waals surface area contributed by atoms with Gasteiger partial charge < -0.3 is 0 Å². The summed E-state index contributed by atoms with van der Waals surface area (Å²) < 4.78 is 0. The van der Waals surface area contributed by atoms with Gasteiger partial charge in [-0.2, -0.15) is 0 Å². The number of hydrogen-bond acceptors (Lipinski definition) is 2. The topological polar surface area (TPSA) is 12.9 Å². The molecule has 1 rings (SSSR count). The van der Waals surface area contributed by atoms with Crippen LogP contribution >= 0.6 is 11.3 Å². The minimum Gasteiger partial charge on any atom is -0.246 e. The summed E-state index contributed by atoms with van der Waals surface area (Å²) in [5.41, 5.74) is 2.24. The van der Waals surface area contributed by atoms with Crippen molar-refractivity contribution in [1.82, 2.24) is 4.98 Å². The number of nitrogens with zero attached hydrogens (tertiary/aromatic N) is 1. The highest BCUT2D eigenvalue weighted by molar-refractivity contribution is 7.09. The van der Waals surface area contributed by atoms with Crippen molar-refractivity contribution in [3.63, 3.8) is 0 Å². The molecule has 0 unspecified atom stereocenters. The fourth-order valence-electron chi connectivity index (χ4n) is 1.01. The molecule has 0 N–H and O–H groups in total. The number of allylic oxidation sites excluding steroid dienone is 4. The number of rotatable bonds is 4.